The lowest BCUT2D eigenvalue weighted by Crippen LogP contribution is -2.33. The van der Waals surface area contributed by atoms with Gasteiger partial charge in [0.05, 0.1) is 20.7 Å². The van der Waals surface area contributed by atoms with Gasteiger partial charge in [-0.2, -0.15) is 5.26 Å². The van der Waals surface area contributed by atoms with Gasteiger partial charge in [-0.25, -0.2) is 0 Å². The van der Waals surface area contributed by atoms with E-state index in [1.807, 2.05) is 6.07 Å². The molecule has 1 heterocycles. The van der Waals surface area contributed by atoms with Crippen LogP contribution in [0.5, 0.6) is 0 Å². The van der Waals surface area contributed by atoms with E-state index in [2.05, 4.69) is 18.3 Å². The zero-order chi connectivity index (χ0) is 12.4. The van der Waals surface area contributed by atoms with E-state index in [0.29, 0.717) is 4.34 Å². The van der Waals surface area contributed by atoms with Gasteiger partial charge in [0.2, 0.25) is 0 Å². The van der Waals surface area contributed by atoms with Crippen molar-refractivity contribution < 1.29 is 0 Å². The quantitative estimate of drug-likeness (QED) is 0.895. The van der Waals surface area contributed by atoms with Crippen LogP contribution in [-0.4, -0.2) is 6.04 Å². The van der Waals surface area contributed by atoms with E-state index in [1.54, 1.807) is 0 Å². The molecule has 5 heteroatoms. The molecule has 2 rings (SSSR count). The van der Waals surface area contributed by atoms with E-state index in [0.717, 1.165) is 29.2 Å². The molecular weight excluding hydrogens is 275 g/mol. The summed E-state index contributed by atoms with van der Waals surface area (Å²) in [6.07, 6.45) is 3.19. The average molecular weight is 289 g/mol. The van der Waals surface area contributed by atoms with Crippen LogP contribution in [0.2, 0.25) is 8.67 Å². The van der Waals surface area contributed by atoms with E-state index in [9.17, 15) is 0 Å². The van der Waals surface area contributed by atoms with Crippen LogP contribution in [-0.2, 0) is 0 Å². The Balaban J connectivity index is 2.04. The Morgan fingerprint density at radius 3 is 2.88 bits per heavy atom. The van der Waals surface area contributed by atoms with Crippen LogP contribution in [0, 0.1) is 17.2 Å². The van der Waals surface area contributed by atoms with Crippen LogP contribution in [0.15, 0.2) is 6.07 Å². The van der Waals surface area contributed by atoms with E-state index < -0.39 is 0 Å². The maximum absolute atomic E-state index is 9.04. The number of hydrogen-bond acceptors (Lipinski definition) is 3. The number of rotatable bonds is 3. The Morgan fingerprint density at radius 2 is 2.29 bits per heavy atom. The second-order valence-electron chi connectivity index (χ2n) is 4.44. The molecule has 1 saturated carbocycles. The van der Waals surface area contributed by atoms with Gasteiger partial charge in [-0.15, -0.1) is 11.3 Å². The number of nitrogens with one attached hydrogen (secondary N) is 1. The predicted molar refractivity (Wildman–Crippen MR) is 72.6 cm³/mol. The van der Waals surface area contributed by atoms with Crippen molar-refractivity contribution in [2.75, 3.05) is 0 Å². The Bertz CT molecular complexity index is 438. The summed E-state index contributed by atoms with van der Waals surface area (Å²) in [6.45, 7) is 2.07. The standard InChI is InChI=1S/C12H14Cl2N2S/c1-7(9-5-11(13)17-12(9)14)16-10-4-2-3-8(10)6-15/h5,7-8,10,16H,2-4H2,1H3. The highest BCUT2D eigenvalue weighted by molar-refractivity contribution is 7.20. The highest BCUT2D eigenvalue weighted by Crippen LogP contribution is 2.36. The molecule has 3 atom stereocenters. The average Bonchev–Trinajstić information content (AvgIpc) is 2.84. The Morgan fingerprint density at radius 1 is 1.53 bits per heavy atom. The van der Waals surface area contributed by atoms with Gasteiger partial charge in [-0.05, 0) is 31.4 Å². The number of hydrogen-bond donors (Lipinski definition) is 1. The predicted octanol–water partition coefficient (Wildman–Crippen LogP) is 4.40. The second kappa shape index (κ2) is 5.58. The molecule has 3 unspecified atom stereocenters. The summed E-state index contributed by atoms with van der Waals surface area (Å²) in [6, 6.07) is 4.70. The lowest BCUT2D eigenvalue weighted by Gasteiger charge is -2.21. The minimum Gasteiger partial charge on any atom is -0.306 e. The van der Waals surface area contributed by atoms with Crippen molar-refractivity contribution in [2.45, 2.75) is 38.3 Å². The normalized spacial score (nSPS) is 25.8. The molecule has 0 aromatic carbocycles. The fraction of sp³-hybridized carbons (Fsp3) is 0.583. The number of thiophene rings is 1. The molecule has 1 fully saturated rings. The first-order valence-corrected chi connectivity index (χ1v) is 7.29. The summed E-state index contributed by atoms with van der Waals surface area (Å²) in [7, 11) is 0. The summed E-state index contributed by atoms with van der Waals surface area (Å²) in [5.74, 6) is 0.130. The molecule has 1 aliphatic carbocycles. The molecule has 2 nitrogen and oxygen atoms in total. The van der Waals surface area contributed by atoms with Crippen LogP contribution in [0.4, 0.5) is 0 Å². The maximum atomic E-state index is 9.04. The monoisotopic (exact) mass is 288 g/mol. The molecule has 1 aliphatic rings. The summed E-state index contributed by atoms with van der Waals surface area (Å²) >= 11 is 13.4. The Hall–Kier alpha value is -0.270. The first-order valence-electron chi connectivity index (χ1n) is 5.72. The molecule has 92 valence electrons. The third kappa shape index (κ3) is 2.95. The maximum Gasteiger partial charge on any atom is 0.0991 e. The summed E-state index contributed by atoms with van der Waals surface area (Å²) in [4.78, 5) is 0. The number of nitrogens with zero attached hydrogens (tertiary/aromatic N) is 1. The summed E-state index contributed by atoms with van der Waals surface area (Å²) in [5, 5.41) is 12.5. The molecule has 0 aliphatic heterocycles. The van der Waals surface area contributed by atoms with Gasteiger partial charge in [-0.3, -0.25) is 0 Å². The van der Waals surface area contributed by atoms with Crippen LogP contribution in [0.3, 0.4) is 0 Å². The molecule has 0 amide bonds. The largest absolute Gasteiger partial charge is 0.306 e. The Kier molecular flexibility index (Phi) is 4.32. The van der Waals surface area contributed by atoms with Crippen LogP contribution < -0.4 is 5.32 Å². The highest BCUT2D eigenvalue weighted by Gasteiger charge is 2.28. The molecule has 0 bridgehead atoms. The van der Waals surface area contributed by atoms with Crippen LogP contribution >= 0.6 is 34.5 Å². The van der Waals surface area contributed by atoms with Gasteiger partial charge in [-0.1, -0.05) is 29.6 Å². The van der Waals surface area contributed by atoms with Crippen molar-refractivity contribution in [3.8, 4) is 6.07 Å². The summed E-state index contributed by atoms with van der Waals surface area (Å²) in [5.41, 5.74) is 1.03. The minimum absolute atomic E-state index is 0.130. The van der Waals surface area contributed by atoms with Crippen molar-refractivity contribution in [3.63, 3.8) is 0 Å². The molecule has 1 aromatic heterocycles. The first kappa shape index (κ1) is 13.2. The van der Waals surface area contributed by atoms with E-state index in [4.69, 9.17) is 28.5 Å². The molecule has 0 saturated heterocycles. The van der Waals surface area contributed by atoms with Crippen molar-refractivity contribution in [1.82, 2.24) is 5.32 Å². The van der Waals surface area contributed by atoms with E-state index in [1.165, 1.54) is 11.3 Å². The lowest BCUT2D eigenvalue weighted by molar-refractivity contribution is 0.418. The summed E-state index contributed by atoms with van der Waals surface area (Å²) < 4.78 is 1.45. The fourth-order valence-corrected chi connectivity index (χ4v) is 4.02. The zero-order valence-corrected chi connectivity index (χ0v) is 11.9. The molecule has 0 spiro atoms. The topological polar surface area (TPSA) is 35.8 Å². The van der Waals surface area contributed by atoms with E-state index >= 15 is 0 Å². The molecular formula is C12H14Cl2N2S. The highest BCUT2D eigenvalue weighted by atomic mass is 35.5. The van der Waals surface area contributed by atoms with Crippen molar-refractivity contribution in [1.29, 1.82) is 5.26 Å². The van der Waals surface area contributed by atoms with Gasteiger partial charge in [0.15, 0.2) is 0 Å². The van der Waals surface area contributed by atoms with Crippen molar-refractivity contribution >= 4 is 34.5 Å². The van der Waals surface area contributed by atoms with Crippen molar-refractivity contribution in [3.05, 3.63) is 20.3 Å². The van der Waals surface area contributed by atoms with Gasteiger partial charge < -0.3 is 5.32 Å². The van der Waals surface area contributed by atoms with Crippen molar-refractivity contribution in [2.24, 2.45) is 5.92 Å². The smallest absolute Gasteiger partial charge is 0.0991 e. The molecule has 17 heavy (non-hydrogen) atoms. The van der Waals surface area contributed by atoms with Gasteiger partial charge in [0.25, 0.3) is 0 Å². The lowest BCUT2D eigenvalue weighted by atomic mass is 10.0. The van der Waals surface area contributed by atoms with E-state index in [-0.39, 0.29) is 18.0 Å². The fourth-order valence-electron chi connectivity index (χ4n) is 2.37. The minimum atomic E-state index is 0.130. The van der Waals surface area contributed by atoms with Gasteiger partial charge in [0, 0.05) is 12.1 Å². The Labute approximate surface area is 116 Å². The second-order valence-corrected chi connectivity index (χ2v) is 6.73. The van der Waals surface area contributed by atoms with Gasteiger partial charge >= 0.3 is 0 Å². The molecule has 1 aromatic rings. The van der Waals surface area contributed by atoms with Gasteiger partial charge in [0.1, 0.15) is 0 Å². The van der Waals surface area contributed by atoms with Crippen LogP contribution in [0.1, 0.15) is 37.8 Å². The molecule has 0 radical (unpaired) electrons. The number of nitriles is 1. The number of halogens is 2. The van der Waals surface area contributed by atoms with Crippen LogP contribution in [0.25, 0.3) is 0 Å². The first-order chi connectivity index (χ1) is 8.11. The zero-order valence-electron chi connectivity index (χ0n) is 9.54. The SMILES string of the molecule is CC(NC1CCCC1C#N)c1cc(Cl)sc1Cl. The molecule has 1 N–H and O–H groups in total. The third-order valence-corrected chi connectivity index (χ3v) is 4.81. The third-order valence-electron chi connectivity index (χ3n) is 3.30.